The lowest BCUT2D eigenvalue weighted by Crippen LogP contribution is -2.07. The van der Waals surface area contributed by atoms with Crippen molar-refractivity contribution in [3.05, 3.63) is 35.4 Å². The fourth-order valence-corrected chi connectivity index (χ4v) is 1.84. The highest BCUT2D eigenvalue weighted by Crippen LogP contribution is 2.27. The molecular weight excluding hydrogens is 208 g/mol. The van der Waals surface area contributed by atoms with Gasteiger partial charge in [-0.15, -0.1) is 0 Å². The van der Waals surface area contributed by atoms with Crippen LogP contribution in [-0.4, -0.2) is 15.8 Å². The van der Waals surface area contributed by atoms with Gasteiger partial charge in [-0.05, 0) is 17.7 Å². The molecule has 2 nitrogen and oxygen atoms in total. The summed E-state index contributed by atoms with van der Waals surface area (Å²) >= 11 is 1.85. The van der Waals surface area contributed by atoms with E-state index in [2.05, 4.69) is 20.8 Å². The summed E-state index contributed by atoms with van der Waals surface area (Å²) in [5.41, 5.74) is 1.51. The van der Waals surface area contributed by atoms with Crippen molar-refractivity contribution in [3.63, 3.8) is 0 Å². The van der Waals surface area contributed by atoms with E-state index in [1.165, 1.54) is 5.56 Å². The van der Waals surface area contributed by atoms with Crippen molar-refractivity contribution in [2.75, 3.05) is 0 Å². The maximum absolute atomic E-state index is 10.6. The number of carboxylic acid groups (broad SMARTS) is 1. The van der Waals surface area contributed by atoms with E-state index in [1.807, 2.05) is 23.9 Å². The van der Waals surface area contributed by atoms with Crippen LogP contribution in [0.5, 0.6) is 0 Å². The Morgan fingerprint density at radius 3 is 2.20 bits per heavy atom. The summed E-state index contributed by atoms with van der Waals surface area (Å²) in [7, 11) is 0. The van der Waals surface area contributed by atoms with Gasteiger partial charge in [0.15, 0.2) is 0 Å². The van der Waals surface area contributed by atoms with Crippen LogP contribution in [0.3, 0.4) is 0 Å². The highest BCUT2D eigenvalue weighted by Gasteiger charge is 2.10. The summed E-state index contributed by atoms with van der Waals surface area (Å²) in [5.74, 6) is 0.0497. The zero-order chi connectivity index (χ0) is 11.5. The van der Waals surface area contributed by atoms with Gasteiger partial charge in [-0.1, -0.05) is 32.9 Å². The zero-order valence-electron chi connectivity index (χ0n) is 9.28. The molecule has 0 atom stereocenters. The number of carbonyl (C=O) groups is 1. The summed E-state index contributed by atoms with van der Waals surface area (Å²) in [6.45, 7) is 6.51. The van der Waals surface area contributed by atoms with Gasteiger partial charge < -0.3 is 5.11 Å². The largest absolute Gasteiger partial charge is 0.478 e. The second-order valence-corrected chi connectivity index (χ2v) is 6.21. The minimum absolute atomic E-state index is 0.242. The molecular formula is C12H16O2S. The van der Waals surface area contributed by atoms with Crippen LogP contribution in [0.4, 0.5) is 0 Å². The van der Waals surface area contributed by atoms with Crippen molar-refractivity contribution in [2.45, 2.75) is 31.3 Å². The Balaban J connectivity index is 2.61. The average Bonchev–Trinajstić information content (AvgIpc) is 2.14. The second kappa shape index (κ2) is 4.71. The third-order valence-corrected chi connectivity index (χ3v) is 3.22. The smallest absolute Gasteiger partial charge is 0.335 e. The molecule has 0 saturated carbocycles. The Labute approximate surface area is 94.7 Å². The van der Waals surface area contributed by atoms with E-state index in [-0.39, 0.29) is 4.75 Å². The summed E-state index contributed by atoms with van der Waals surface area (Å²) in [4.78, 5) is 10.6. The van der Waals surface area contributed by atoms with Gasteiger partial charge in [0.1, 0.15) is 0 Å². The van der Waals surface area contributed by atoms with Gasteiger partial charge >= 0.3 is 5.97 Å². The first-order valence-corrected chi connectivity index (χ1v) is 5.83. The SMILES string of the molecule is CC(C)(C)SCc1ccc(C(=O)O)cc1. The van der Waals surface area contributed by atoms with Gasteiger partial charge in [-0.2, -0.15) is 11.8 Å². The number of hydrogen-bond donors (Lipinski definition) is 1. The number of hydrogen-bond acceptors (Lipinski definition) is 2. The molecule has 1 aromatic carbocycles. The molecule has 0 bridgehead atoms. The van der Waals surface area contributed by atoms with Crippen LogP contribution in [0.25, 0.3) is 0 Å². The zero-order valence-corrected chi connectivity index (χ0v) is 10.1. The summed E-state index contributed by atoms with van der Waals surface area (Å²) in [5, 5.41) is 8.73. The highest BCUT2D eigenvalue weighted by molar-refractivity contribution is 7.99. The van der Waals surface area contributed by atoms with Crippen LogP contribution in [0.2, 0.25) is 0 Å². The molecule has 0 spiro atoms. The van der Waals surface area contributed by atoms with E-state index < -0.39 is 5.97 Å². The number of rotatable bonds is 3. The van der Waals surface area contributed by atoms with Crippen LogP contribution in [0.1, 0.15) is 36.7 Å². The first-order valence-electron chi connectivity index (χ1n) is 4.85. The molecule has 1 aromatic rings. The van der Waals surface area contributed by atoms with E-state index in [0.29, 0.717) is 5.56 Å². The van der Waals surface area contributed by atoms with E-state index in [1.54, 1.807) is 12.1 Å². The van der Waals surface area contributed by atoms with Crippen molar-refractivity contribution in [1.82, 2.24) is 0 Å². The van der Waals surface area contributed by atoms with Crippen LogP contribution < -0.4 is 0 Å². The van der Waals surface area contributed by atoms with Gasteiger partial charge in [0, 0.05) is 10.5 Å². The molecule has 15 heavy (non-hydrogen) atoms. The average molecular weight is 224 g/mol. The Morgan fingerprint density at radius 1 is 1.27 bits per heavy atom. The first kappa shape index (κ1) is 12.1. The standard InChI is InChI=1S/C12H16O2S/c1-12(2,3)15-8-9-4-6-10(7-5-9)11(13)14/h4-7H,8H2,1-3H3,(H,13,14). The van der Waals surface area contributed by atoms with E-state index in [0.717, 1.165) is 5.75 Å². The molecule has 0 heterocycles. The number of benzene rings is 1. The third kappa shape index (κ3) is 4.38. The molecule has 3 heteroatoms. The molecule has 0 aliphatic rings. The number of thioether (sulfide) groups is 1. The van der Waals surface area contributed by atoms with E-state index in [4.69, 9.17) is 5.11 Å². The van der Waals surface area contributed by atoms with Gasteiger partial charge in [0.2, 0.25) is 0 Å². The Morgan fingerprint density at radius 2 is 1.80 bits per heavy atom. The van der Waals surface area contributed by atoms with Gasteiger partial charge in [-0.3, -0.25) is 0 Å². The van der Waals surface area contributed by atoms with Crippen LogP contribution >= 0.6 is 11.8 Å². The van der Waals surface area contributed by atoms with E-state index in [9.17, 15) is 4.79 Å². The minimum Gasteiger partial charge on any atom is -0.478 e. The molecule has 0 saturated heterocycles. The molecule has 0 aliphatic carbocycles. The quantitative estimate of drug-likeness (QED) is 0.854. The second-order valence-electron chi connectivity index (χ2n) is 4.40. The van der Waals surface area contributed by atoms with Gasteiger partial charge in [-0.25, -0.2) is 4.79 Å². The molecule has 0 fully saturated rings. The Bertz CT molecular complexity index is 336. The lowest BCUT2D eigenvalue weighted by molar-refractivity contribution is 0.0697. The normalized spacial score (nSPS) is 11.4. The molecule has 0 unspecified atom stereocenters. The highest BCUT2D eigenvalue weighted by atomic mass is 32.2. The fourth-order valence-electron chi connectivity index (χ4n) is 1.04. The molecule has 0 amide bonds. The van der Waals surface area contributed by atoms with Gasteiger partial charge in [0.25, 0.3) is 0 Å². The number of aromatic carboxylic acids is 1. The fraction of sp³-hybridized carbons (Fsp3) is 0.417. The minimum atomic E-state index is -0.870. The molecule has 82 valence electrons. The first-order chi connectivity index (χ1) is 6.88. The molecule has 0 aliphatic heterocycles. The van der Waals surface area contributed by atoms with Crippen molar-refractivity contribution in [1.29, 1.82) is 0 Å². The summed E-state index contributed by atoms with van der Waals surface area (Å²) in [6.07, 6.45) is 0. The topological polar surface area (TPSA) is 37.3 Å². The number of carboxylic acids is 1. The third-order valence-electron chi connectivity index (χ3n) is 1.87. The van der Waals surface area contributed by atoms with Crippen molar-refractivity contribution >= 4 is 17.7 Å². The predicted molar refractivity (Wildman–Crippen MR) is 64.4 cm³/mol. The van der Waals surface area contributed by atoms with Crippen molar-refractivity contribution in [2.24, 2.45) is 0 Å². The van der Waals surface area contributed by atoms with Gasteiger partial charge in [0.05, 0.1) is 5.56 Å². The van der Waals surface area contributed by atoms with E-state index >= 15 is 0 Å². The lowest BCUT2D eigenvalue weighted by Gasteiger charge is -2.17. The van der Waals surface area contributed by atoms with Crippen LogP contribution in [-0.2, 0) is 5.75 Å². The Hall–Kier alpha value is -0.960. The van der Waals surface area contributed by atoms with Crippen LogP contribution in [0, 0.1) is 0 Å². The molecule has 0 aromatic heterocycles. The monoisotopic (exact) mass is 224 g/mol. The molecule has 1 rings (SSSR count). The lowest BCUT2D eigenvalue weighted by atomic mass is 10.1. The Kier molecular flexibility index (Phi) is 3.80. The van der Waals surface area contributed by atoms with Crippen molar-refractivity contribution in [3.8, 4) is 0 Å². The summed E-state index contributed by atoms with van der Waals surface area (Å²) < 4.78 is 0.242. The maximum Gasteiger partial charge on any atom is 0.335 e. The summed E-state index contributed by atoms with van der Waals surface area (Å²) in [6, 6.07) is 7.06. The van der Waals surface area contributed by atoms with Crippen molar-refractivity contribution < 1.29 is 9.90 Å². The maximum atomic E-state index is 10.6. The molecule has 0 radical (unpaired) electrons. The van der Waals surface area contributed by atoms with Crippen LogP contribution in [0.15, 0.2) is 24.3 Å². The molecule has 1 N–H and O–H groups in total. The predicted octanol–water partition coefficient (Wildman–Crippen LogP) is 3.42.